The number of carbonyl (C=O) groups is 2. The van der Waals surface area contributed by atoms with Crippen LogP contribution in [0.3, 0.4) is 0 Å². The molecule has 2 heterocycles. The first kappa shape index (κ1) is 9.31. The van der Waals surface area contributed by atoms with Crippen molar-refractivity contribution in [3.05, 3.63) is 47.5 Å². The summed E-state index contributed by atoms with van der Waals surface area (Å²) >= 11 is 0. The summed E-state index contributed by atoms with van der Waals surface area (Å²) in [4.78, 5) is 23.8. The molecule has 3 aliphatic rings. The van der Waals surface area contributed by atoms with E-state index in [9.17, 15) is 9.59 Å². The van der Waals surface area contributed by atoms with Crippen molar-refractivity contribution in [3.8, 4) is 0 Å². The van der Waals surface area contributed by atoms with E-state index in [0.717, 1.165) is 11.1 Å². The van der Waals surface area contributed by atoms with Crippen molar-refractivity contribution in [1.29, 1.82) is 0 Å². The van der Waals surface area contributed by atoms with E-state index in [1.165, 1.54) is 12.2 Å². The maximum absolute atomic E-state index is 11.9. The van der Waals surface area contributed by atoms with E-state index < -0.39 is 0 Å². The first-order valence-corrected chi connectivity index (χ1v) is 5.77. The number of ketones is 2. The number of ether oxygens (including phenoxy) is 1. The van der Waals surface area contributed by atoms with Crippen LogP contribution in [0.1, 0.15) is 23.3 Å². The molecule has 1 fully saturated rings. The average Bonchev–Trinajstić information content (AvgIpc) is 2.91. The molecule has 2 bridgehead atoms. The van der Waals surface area contributed by atoms with Crippen LogP contribution in [0, 0.1) is 11.8 Å². The number of benzene rings is 1. The van der Waals surface area contributed by atoms with Crippen molar-refractivity contribution < 1.29 is 14.3 Å². The normalized spacial score (nSPS) is 37.2. The summed E-state index contributed by atoms with van der Waals surface area (Å²) in [6, 6.07) is 7.88. The third-order valence-corrected chi connectivity index (χ3v) is 4.01. The van der Waals surface area contributed by atoms with Crippen molar-refractivity contribution in [2.45, 2.75) is 12.2 Å². The summed E-state index contributed by atoms with van der Waals surface area (Å²) < 4.78 is 5.85. The highest BCUT2D eigenvalue weighted by atomic mass is 16.5. The molecule has 1 aromatic carbocycles. The van der Waals surface area contributed by atoms with Gasteiger partial charge in [0.25, 0.3) is 0 Å². The summed E-state index contributed by atoms with van der Waals surface area (Å²) in [7, 11) is 0. The van der Waals surface area contributed by atoms with Gasteiger partial charge in [-0.25, -0.2) is 0 Å². The van der Waals surface area contributed by atoms with Gasteiger partial charge in [-0.15, -0.1) is 0 Å². The molecule has 3 heteroatoms. The molecule has 0 saturated carbocycles. The van der Waals surface area contributed by atoms with Gasteiger partial charge in [0.2, 0.25) is 0 Å². The van der Waals surface area contributed by atoms with Crippen molar-refractivity contribution in [2.24, 2.45) is 11.8 Å². The lowest BCUT2D eigenvalue weighted by atomic mass is 9.70. The highest BCUT2D eigenvalue weighted by molar-refractivity contribution is 6.08. The Bertz CT molecular complexity index is 524. The van der Waals surface area contributed by atoms with E-state index in [0.29, 0.717) is 0 Å². The predicted molar refractivity (Wildman–Crippen MR) is 59.1 cm³/mol. The van der Waals surface area contributed by atoms with E-state index in [-0.39, 0.29) is 35.6 Å². The lowest BCUT2D eigenvalue weighted by molar-refractivity contribution is -0.128. The molecule has 1 saturated heterocycles. The van der Waals surface area contributed by atoms with Crippen molar-refractivity contribution in [2.75, 3.05) is 0 Å². The van der Waals surface area contributed by atoms with Crippen molar-refractivity contribution >= 4 is 11.6 Å². The Hall–Kier alpha value is -1.74. The van der Waals surface area contributed by atoms with Gasteiger partial charge in [0.15, 0.2) is 11.6 Å². The Morgan fingerprint density at radius 2 is 1.29 bits per heavy atom. The second-order valence-corrected chi connectivity index (χ2v) is 4.80. The minimum Gasteiger partial charge on any atom is -0.364 e. The van der Waals surface area contributed by atoms with Gasteiger partial charge >= 0.3 is 0 Å². The Kier molecular flexibility index (Phi) is 1.60. The molecule has 0 spiro atoms. The Balaban J connectivity index is 1.92. The largest absolute Gasteiger partial charge is 0.364 e. The number of hydrogen-bond donors (Lipinski definition) is 0. The van der Waals surface area contributed by atoms with E-state index in [1.807, 2.05) is 24.3 Å². The summed E-state index contributed by atoms with van der Waals surface area (Å²) in [5, 5.41) is 0. The first-order chi connectivity index (χ1) is 8.27. The molecule has 0 amide bonds. The van der Waals surface area contributed by atoms with Gasteiger partial charge in [-0.3, -0.25) is 9.59 Å². The minimum atomic E-state index is -0.299. The summed E-state index contributed by atoms with van der Waals surface area (Å²) in [5.41, 5.74) is 2.16. The molecule has 0 aromatic heterocycles. The van der Waals surface area contributed by atoms with Crippen LogP contribution in [0.15, 0.2) is 36.4 Å². The molecule has 3 nitrogen and oxygen atoms in total. The summed E-state index contributed by atoms with van der Waals surface area (Å²) in [5.74, 6) is -0.548. The van der Waals surface area contributed by atoms with Crippen molar-refractivity contribution in [3.63, 3.8) is 0 Å². The Morgan fingerprint density at radius 3 is 1.76 bits per heavy atom. The van der Waals surface area contributed by atoms with Crippen LogP contribution in [0.5, 0.6) is 0 Å². The number of rotatable bonds is 0. The van der Waals surface area contributed by atoms with Gasteiger partial charge < -0.3 is 4.74 Å². The van der Waals surface area contributed by atoms with E-state index in [1.54, 1.807) is 0 Å². The van der Waals surface area contributed by atoms with Gasteiger partial charge in [-0.1, -0.05) is 24.3 Å². The molecule has 0 unspecified atom stereocenters. The lowest BCUT2D eigenvalue weighted by Crippen LogP contribution is -2.35. The van der Waals surface area contributed by atoms with Crippen LogP contribution in [0.2, 0.25) is 0 Å². The number of fused-ring (bicyclic) bond motifs is 8. The molecule has 4 atom stereocenters. The minimum absolute atomic E-state index is 0.0246. The highest BCUT2D eigenvalue weighted by Crippen LogP contribution is 2.58. The number of allylic oxidation sites excluding steroid dienone is 2. The molecule has 0 N–H and O–H groups in total. The zero-order valence-electron chi connectivity index (χ0n) is 9.00. The van der Waals surface area contributed by atoms with Crippen LogP contribution in [0.25, 0.3) is 0 Å². The third-order valence-electron chi connectivity index (χ3n) is 4.01. The van der Waals surface area contributed by atoms with Crippen LogP contribution in [-0.4, -0.2) is 11.6 Å². The smallest absolute Gasteiger partial charge is 0.162 e. The molecular formula is C14H10O3. The first-order valence-electron chi connectivity index (χ1n) is 5.77. The zero-order valence-corrected chi connectivity index (χ0v) is 9.00. The lowest BCUT2D eigenvalue weighted by Gasteiger charge is -2.28. The fourth-order valence-corrected chi connectivity index (χ4v) is 3.31. The molecule has 1 aromatic rings. The summed E-state index contributed by atoms with van der Waals surface area (Å²) in [6.45, 7) is 0. The van der Waals surface area contributed by atoms with Gasteiger partial charge in [-0.2, -0.15) is 0 Å². The SMILES string of the molecule is O=C1C=CC(=O)[C@H]2[C@@H]1[C@H]1O[C@@H]2c2ccccc21. The quantitative estimate of drug-likeness (QED) is 0.677. The van der Waals surface area contributed by atoms with E-state index >= 15 is 0 Å². The van der Waals surface area contributed by atoms with E-state index in [2.05, 4.69) is 0 Å². The maximum Gasteiger partial charge on any atom is 0.162 e. The van der Waals surface area contributed by atoms with Gasteiger partial charge in [0.1, 0.15) is 0 Å². The number of carbonyl (C=O) groups excluding carboxylic acids is 2. The Labute approximate surface area is 98.1 Å². The maximum atomic E-state index is 11.9. The second kappa shape index (κ2) is 2.93. The van der Waals surface area contributed by atoms with Gasteiger partial charge in [0.05, 0.1) is 24.0 Å². The topological polar surface area (TPSA) is 43.4 Å². The highest BCUT2D eigenvalue weighted by Gasteiger charge is 2.57. The standard InChI is InChI=1S/C14H10O3/c15-9-5-6-10(16)12-11(9)13-7-3-1-2-4-8(7)14(12)17-13/h1-6,11-14H/t11-,12+,13+,14-. The van der Waals surface area contributed by atoms with Crippen LogP contribution < -0.4 is 0 Å². The average molecular weight is 226 g/mol. The Morgan fingerprint density at radius 1 is 0.824 bits per heavy atom. The molecule has 0 radical (unpaired) electrons. The molecular weight excluding hydrogens is 216 g/mol. The fraction of sp³-hybridized carbons (Fsp3) is 0.286. The predicted octanol–water partition coefficient (Wildman–Crippen LogP) is 1.75. The fourth-order valence-electron chi connectivity index (χ4n) is 3.31. The van der Waals surface area contributed by atoms with Crippen LogP contribution in [-0.2, 0) is 14.3 Å². The van der Waals surface area contributed by atoms with Gasteiger partial charge in [0, 0.05) is 0 Å². The van der Waals surface area contributed by atoms with Crippen molar-refractivity contribution in [1.82, 2.24) is 0 Å². The third kappa shape index (κ3) is 1.00. The monoisotopic (exact) mass is 226 g/mol. The number of hydrogen-bond acceptors (Lipinski definition) is 3. The molecule has 2 aliphatic heterocycles. The molecule has 1 aliphatic carbocycles. The van der Waals surface area contributed by atoms with Crippen LogP contribution in [0.4, 0.5) is 0 Å². The molecule has 4 rings (SSSR count). The van der Waals surface area contributed by atoms with Gasteiger partial charge in [-0.05, 0) is 23.3 Å². The zero-order chi connectivity index (χ0) is 11.6. The van der Waals surface area contributed by atoms with E-state index in [4.69, 9.17) is 4.74 Å². The van der Waals surface area contributed by atoms with Crippen LogP contribution >= 0.6 is 0 Å². The molecule has 17 heavy (non-hydrogen) atoms. The second-order valence-electron chi connectivity index (χ2n) is 4.80. The summed E-state index contributed by atoms with van der Waals surface area (Å²) in [6.07, 6.45) is 2.36. The molecule has 84 valence electrons.